The molecule has 0 saturated carbocycles. The smallest absolute Gasteiger partial charge is 0.243 e. The van der Waals surface area contributed by atoms with Crippen molar-refractivity contribution in [3.05, 3.63) is 0 Å². The van der Waals surface area contributed by atoms with E-state index in [0.717, 1.165) is 37.9 Å². The predicted molar refractivity (Wildman–Crippen MR) is 145 cm³/mol. The molecule has 0 aromatic heterocycles. The Balaban J connectivity index is 0. The van der Waals surface area contributed by atoms with Gasteiger partial charge in [-0.05, 0) is 48.7 Å². The molecular weight excluding hydrogens is 414 g/mol. The van der Waals surface area contributed by atoms with Crippen LogP contribution in [-0.2, 0) is 9.59 Å². The molecule has 4 heteroatoms. The lowest BCUT2D eigenvalue weighted by atomic mass is 9.66. The van der Waals surface area contributed by atoms with Crippen LogP contribution in [0.2, 0.25) is 0 Å². The highest BCUT2D eigenvalue weighted by atomic mass is 32.2. The summed E-state index contributed by atoms with van der Waals surface area (Å²) in [5, 5.41) is -0.180. The zero-order chi connectivity index (χ0) is 25.5. The van der Waals surface area contributed by atoms with Crippen LogP contribution >= 0.6 is 11.8 Å². The highest BCUT2D eigenvalue weighted by Crippen LogP contribution is 2.47. The van der Waals surface area contributed by atoms with Crippen molar-refractivity contribution < 1.29 is 9.59 Å². The summed E-state index contributed by atoms with van der Waals surface area (Å²) < 4.78 is 0. The van der Waals surface area contributed by atoms with E-state index in [9.17, 15) is 9.59 Å². The zero-order valence-electron chi connectivity index (χ0n) is 23.8. The van der Waals surface area contributed by atoms with Crippen molar-refractivity contribution in [1.82, 2.24) is 4.90 Å². The molecule has 32 heavy (non-hydrogen) atoms. The number of amides is 2. The monoisotopic (exact) mass is 471 g/mol. The summed E-state index contributed by atoms with van der Waals surface area (Å²) in [5.74, 6) is 2.28. The van der Waals surface area contributed by atoms with Crippen molar-refractivity contribution in [1.29, 1.82) is 0 Å². The molecule has 1 heterocycles. The Morgan fingerprint density at radius 3 is 1.75 bits per heavy atom. The van der Waals surface area contributed by atoms with E-state index in [4.69, 9.17) is 0 Å². The van der Waals surface area contributed by atoms with E-state index in [1.165, 1.54) is 12.8 Å². The Labute approximate surface area is 206 Å². The highest BCUT2D eigenvalue weighted by molar-refractivity contribution is 8.00. The number of rotatable bonds is 13. The number of imide groups is 1. The van der Waals surface area contributed by atoms with Crippen LogP contribution in [0.4, 0.5) is 0 Å². The average Bonchev–Trinajstić information content (AvgIpc) is 3.09. The zero-order valence-corrected chi connectivity index (χ0v) is 24.6. The van der Waals surface area contributed by atoms with Gasteiger partial charge in [-0.2, -0.15) is 0 Å². The molecule has 0 bridgehead atoms. The fraction of sp³-hybridized carbons (Fsp3) is 0.929. The number of hydrogen-bond acceptors (Lipinski definition) is 3. The molecule has 1 fully saturated rings. The van der Waals surface area contributed by atoms with Crippen molar-refractivity contribution >= 4 is 23.6 Å². The van der Waals surface area contributed by atoms with Gasteiger partial charge in [0.1, 0.15) is 0 Å². The first-order valence-corrected chi connectivity index (χ1v) is 14.6. The molecule has 1 rings (SSSR count). The second-order valence-corrected chi connectivity index (χ2v) is 11.0. The summed E-state index contributed by atoms with van der Waals surface area (Å²) in [6.45, 7) is 25.8. The Kier molecular flexibility index (Phi) is 17.9. The van der Waals surface area contributed by atoms with Gasteiger partial charge in [0.2, 0.25) is 11.8 Å². The number of hydrogen-bond donors (Lipinski definition) is 0. The molecule has 192 valence electrons. The molecule has 0 spiro atoms. The highest BCUT2D eigenvalue weighted by Gasteiger charge is 2.51. The van der Waals surface area contributed by atoms with Crippen LogP contribution in [-0.4, -0.2) is 33.3 Å². The Morgan fingerprint density at radius 1 is 0.875 bits per heavy atom. The topological polar surface area (TPSA) is 37.4 Å². The molecule has 0 aliphatic carbocycles. The maximum atomic E-state index is 13.3. The number of carbonyl (C=O) groups is 2. The maximum absolute atomic E-state index is 13.3. The van der Waals surface area contributed by atoms with Crippen LogP contribution in [0.1, 0.15) is 134 Å². The lowest BCUT2D eigenvalue weighted by molar-refractivity contribution is -0.148. The number of likely N-dealkylation sites (tertiary alicyclic amines) is 1. The molecule has 0 N–H and O–H groups in total. The quantitative estimate of drug-likeness (QED) is 0.252. The first-order chi connectivity index (χ1) is 15.1. The first kappa shape index (κ1) is 33.7. The van der Waals surface area contributed by atoms with Gasteiger partial charge in [-0.1, -0.05) is 102 Å². The average molecular weight is 472 g/mol. The SMILES string of the molecule is CC.CC.CCC(CC)(CCC(C)C)CC(CC)(CC)N1C(=O)CC(SCC(C)C)C1=O. The summed E-state index contributed by atoms with van der Waals surface area (Å²) >= 11 is 1.68. The third-order valence-corrected chi connectivity index (χ3v) is 8.61. The Hall–Kier alpha value is -0.510. The maximum Gasteiger partial charge on any atom is 0.243 e. The molecular formula is C28H57NO2S. The van der Waals surface area contributed by atoms with E-state index in [1.807, 2.05) is 27.7 Å². The molecule has 2 amide bonds. The van der Waals surface area contributed by atoms with Crippen LogP contribution in [0.15, 0.2) is 0 Å². The minimum atomic E-state index is -0.329. The number of nitrogens with zero attached hydrogens (tertiary/aromatic N) is 1. The fourth-order valence-corrected chi connectivity index (χ4v) is 5.80. The second kappa shape index (κ2) is 17.0. The summed E-state index contributed by atoms with van der Waals surface area (Å²) in [6, 6.07) is 0. The normalized spacial score (nSPS) is 16.8. The summed E-state index contributed by atoms with van der Waals surface area (Å²) in [4.78, 5) is 28.1. The summed E-state index contributed by atoms with van der Waals surface area (Å²) in [6.07, 6.45) is 7.65. The molecule has 1 atom stereocenters. The standard InChI is InChI=1S/C24H45NO2S.2C2H6/c1-9-23(10-2,14-13-18(5)6)17-24(11-3,12-4)25-21(26)15-20(22(25)27)28-16-19(7)8;2*1-2/h18-20H,9-17H2,1-8H3;2*1-2H3. The van der Waals surface area contributed by atoms with Gasteiger partial charge in [0.15, 0.2) is 0 Å². The molecule has 1 saturated heterocycles. The lowest BCUT2D eigenvalue weighted by Gasteiger charge is -2.47. The fourth-order valence-electron chi connectivity index (χ4n) is 4.67. The van der Waals surface area contributed by atoms with E-state index in [0.29, 0.717) is 18.3 Å². The van der Waals surface area contributed by atoms with Gasteiger partial charge in [0, 0.05) is 6.42 Å². The predicted octanol–water partition coefficient (Wildman–Crippen LogP) is 8.75. The molecule has 1 unspecified atom stereocenters. The molecule has 3 nitrogen and oxygen atoms in total. The Bertz CT molecular complexity index is 508. The van der Waals surface area contributed by atoms with E-state index in [1.54, 1.807) is 16.7 Å². The van der Waals surface area contributed by atoms with E-state index in [-0.39, 0.29) is 28.0 Å². The largest absolute Gasteiger partial charge is 0.275 e. The van der Waals surface area contributed by atoms with Crippen LogP contribution in [0.3, 0.4) is 0 Å². The van der Waals surface area contributed by atoms with E-state index in [2.05, 4.69) is 55.4 Å². The van der Waals surface area contributed by atoms with Gasteiger partial charge in [0.05, 0.1) is 10.8 Å². The van der Waals surface area contributed by atoms with Crippen LogP contribution < -0.4 is 0 Å². The van der Waals surface area contributed by atoms with Crippen LogP contribution in [0.25, 0.3) is 0 Å². The van der Waals surface area contributed by atoms with Crippen molar-refractivity contribution in [3.8, 4) is 0 Å². The van der Waals surface area contributed by atoms with Gasteiger partial charge >= 0.3 is 0 Å². The Morgan fingerprint density at radius 2 is 1.38 bits per heavy atom. The van der Waals surface area contributed by atoms with Crippen molar-refractivity contribution in [2.75, 3.05) is 5.75 Å². The van der Waals surface area contributed by atoms with Crippen molar-refractivity contribution in [2.24, 2.45) is 17.3 Å². The number of carbonyl (C=O) groups excluding carboxylic acids is 2. The van der Waals surface area contributed by atoms with Gasteiger partial charge in [-0.3, -0.25) is 14.5 Å². The van der Waals surface area contributed by atoms with E-state index < -0.39 is 0 Å². The van der Waals surface area contributed by atoms with Gasteiger partial charge in [-0.25, -0.2) is 0 Å². The third kappa shape index (κ3) is 9.39. The minimum Gasteiger partial charge on any atom is -0.275 e. The first-order valence-electron chi connectivity index (χ1n) is 13.6. The molecule has 0 aromatic carbocycles. The lowest BCUT2D eigenvalue weighted by Crippen LogP contribution is -2.54. The molecule has 0 aromatic rings. The molecule has 1 aliphatic heterocycles. The second-order valence-electron chi connectivity index (χ2n) is 9.74. The third-order valence-electron chi connectivity index (χ3n) is 6.98. The molecule has 0 radical (unpaired) electrons. The van der Waals surface area contributed by atoms with Gasteiger partial charge in [-0.15, -0.1) is 11.8 Å². The van der Waals surface area contributed by atoms with Gasteiger partial charge < -0.3 is 0 Å². The molecule has 1 aliphatic rings. The van der Waals surface area contributed by atoms with Gasteiger partial charge in [0.25, 0.3) is 0 Å². The minimum absolute atomic E-state index is 0.0555. The van der Waals surface area contributed by atoms with Crippen molar-refractivity contribution in [2.45, 2.75) is 145 Å². The van der Waals surface area contributed by atoms with Crippen LogP contribution in [0.5, 0.6) is 0 Å². The van der Waals surface area contributed by atoms with Crippen LogP contribution in [0, 0.1) is 17.3 Å². The van der Waals surface area contributed by atoms with Crippen molar-refractivity contribution in [3.63, 3.8) is 0 Å². The number of thioether (sulfide) groups is 1. The summed E-state index contributed by atoms with van der Waals surface area (Å²) in [5.41, 5.74) is -0.121. The summed E-state index contributed by atoms with van der Waals surface area (Å²) in [7, 11) is 0. The van der Waals surface area contributed by atoms with E-state index >= 15 is 0 Å².